The molecule has 0 aliphatic heterocycles. The number of halogens is 3. The number of hydrogen-bond donors (Lipinski definition) is 0. The Morgan fingerprint density at radius 2 is 1.00 bits per heavy atom. The molecule has 0 heterocycles. The fraction of sp³-hybridized carbons (Fsp3) is 0.952. The minimum atomic E-state index is -1.51. The Bertz CT molecular complexity index is 317. The van der Waals surface area contributed by atoms with Crippen LogP contribution in [-0.4, -0.2) is 16.4 Å². The SMILES string of the molecule is CCCCCCCCCCCCCCCCCCC(=O)OCC(Cl)(Cl)Cl. The molecule has 0 aliphatic carbocycles. The lowest BCUT2D eigenvalue weighted by Crippen LogP contribution is -2.17. The number of esters is 1. The van der Waals surface area contributed by atoms with Gasteiger partial charge in [-0.15, -0.1) is 0 Å². The maximum atomic E-state index is 11.4. The molecule has 0 unspecified atom stereocenters. The quantitative estimate of drug-likeness (QED) is 0.124. The number of rotatable bonds is 18. The first-order chi connectivity index (χ1) is 12.5. The van der Waals surface area contributed by atoms with Crippen molar-refractivity contribution in [2.45, 2.75) is 120 Å². The van der Waals surface area contributed by atoms with Crippen molar-refractivity contribution in [3.05, 3.63) is 0 Å². The molecule has 0 atom stereocenters. The van der Waals surface area contributed by atoms with E-state index in [1.807, 2.05) is 0 Å². The van der Waals surface area contributed by atoms with Gasteiger partial charge < -0.3 is 4.74 Å². The average Bonchev–Trinajstić information content (AvgIpc) is 2.59. The molecule has 0 radical (unpaired) electrons. The fourth-order valence-corrected chi connectivity index (χ4v) is 3.22. The summed E-state index contributed by atoms with van der Waals surface area (Å²) >= 11 is 16.6. The fourth-order valence-electron chi connectivity index (χ4n) is 3.05. The van der Waals surface area contributed by atoms with Crippen LogP contribution in [0.3, 0.4) is 0 Å². The van der Waals surface area contributed by atoms with Crippen molar-refractivity contribution in [3.8, 4) is 0 Å². The summed E-state index contributed by atoms with van der Waals surface area (Å²) < 4.78 is 3.39. The highest BCUT2D eigenvalue weighted by atomic mass is 35.6. The third-order valence-corrected chi connectivity index (χ3v) is 4.96. The lowest BCUT2D eigenvalue weighted by Gasteiger charge is -2.11. The van der Waals surface area contributed by atoms with Crippen LogP contribution in [0.15, 0.2) is 0 Å². The van der Waals surface area contributed by atoms with E-state index in [0.29, 0.717) is 6.42 Å². The number of unbranched alkanes of at least 4 members (excludes halogenated alkanes) is 15. The number of alkyl halides is 3. The second kappa shape index (κ2) is 18.7. The van der Waals surface area contributed by atoms with Crippen LogP contribution in [0.1, 0.15) is 116 Å². The molecule has 0 saturated carbocycles. The highest BCUT2D eigenvalue weighted by Crippen LogP contribution is 2.26. The molecule has 156 valence electrons. The second-order valence-electron chi connectivity index (χ2n) is 7.33. The predicted octanol–water partition coefficient (Wildman–Crippen LogP) is 8.55. The molecule has 0 aliphatic rings. The van der Waals surface area contributed by atoms with Gasteiger partial charge in [-0.05, 0) is 6.42 Å². The number of carbonyl (C=O) groups excluding carboxylic acids is 1. The second-order valence-corrected chi connectivity index (χ2v) is 9.85. The van der Waals surface area contributed by atoms with Gasteiger partial charge in [0.1, 0.15) is 6.61 Å². The van der Waals surface area contributed by atoms with Crippen LogP contribution in [0.2, 0.25) is 0 Å². The van der Waals surface area contributed by atoms with Gasteiger partial charge in [0, 0.05) is 6.42 Å². The van der Waals surface area contributed by atoms with Gasteiger partial charge in [-0.3, -0.25) is 4.79 Å². The standard InChI is InChI=1S/C21H39Cl3O2/c1-2-3-4-5-6-7-8-9-10-11-12-13-14-15-16-17-18-20(25)26-19-21(22,23)24/h2-19H2,1H3. The minimum Gasteiger partial charge on any atom is -0.461 e. The van der Waals surface area contributed by atoms with E-state index in [-0.39, 0.29) is 12.6 Å². The molecule has 0 aromatic rings. The normalized spacial score (nSPS) is 11.7. The summed E-state index contributed by atoms with van der Waals surface area (Å²) in [5, 5.41) is 0. The zero-order chi connectivity index (χ0) is 19.5. The van der Waals surface area contributed by atoms with Crippen molar-refractivity contribution >= 4 is 40.8 Å². The molecule has 26 heavy (non-hydrogen) atoms. The van der Waals surface area contributed by atoms with Crippen LogP contribution in [0.25, 0.3) is 0 Å². The van der Waals surface area contributed by atoms with Gasteiger partial charge in [-0.1, -0.05) is 138 Å². The molecule has 0 amide bonds. The summed E-state index contributed by atoms with van der Waals surface area (Å²) in [7, 11) is 0. The number of hydrogen-bond acceptors (Lipinski definition) is 2. The molecule has 0 aromatic carbocycles. The van der Waals surface area contributed by atoms with E-state index in [4.69, 9.17) is 39.5 Å². The van der Waals surface area contributed by atoms with Crippen molar-refractivity contribution in [2.24, 2.45) is 0 Å². The Morgan fingerprint density at radius 3 is 1.35 bits per heavy atom. The molecule has 0 fully saturated rings. The summed E-state index contributed by atoms with van der Waals surface area (Å²) in [5.74, 6) is -0.276. The van der Waals surface area contributed by atoms with Gasteiger partial charge in [0.25, 0.3) is 0 Å². The zero-order valence-electron chi connectivity index (χ0n) is 16.7. The van der Waals surface area contributed by atoms with Crippen molar-refractivity contribution in [1.82, 2.24) is 0 Å². The zero-order valence-corrected chi connectivity index (χ0v) is 18.9. The van der Waals surface area contributed by atoms with E-state index in [9.17, 15) is 4.79 Å². The largest absolute Gasteiger partial charge is 0.461 e. The summed E-state index contributed by atoms with van der Waals surface area (Å²) in [6, 6.07) is 0. The minimum absolute atomic E-state index is 0.171. The molecule has 0 rings (SSSR count). The lowest BCUT2D eigenvalue weighted by molar-refractivity contribution is -0.143. The smallest absolute Gasteiger partial charge is 0.305 e. The lowest BCUT2D eigenvalue weighted by atomic mass is 10.0. The van der Waals surface area contributed by atoms with Crippen LogP contribution >= 0.6 is 34.8 Å². The van der Waals surface area contributed by atoms with Gasteiger partial charge in [0.15, 0.2) is 0 Å². The molecule has 0 saturated heterocycles. The Balaban J connectivity index is 3.14. The summed E-state index contributed by atoms with van der Waals surface area (Å²) in [4.78, 5) is 11.4. The van der Waals surface area contributed by atoms with E-state index in [2.05, 4.69) is 6.92 Å². The van der Waals surface area contributed by atoms with Crippen molar-refractivity contribution in [1.29, 1.82) is 0 Å². The first-order valence-corrected chi connectivity index (χ1v) is 11.8. The Hall–Kier alpha value is 0.340. The van der Waals surface area contributed by atoms with E-state index >= 15 is 0 Å². The van der Waals surface area contributed by atoms with E-state index in [1.165, 1.54) is 89.9 Å². The Labute approximate surface area is 176 Å². The van der Waals surface area contributed by atoms with E-state index in [1.54, 1.807) is 0 Å². The summed E-state index contributed by atoms with van der Waals surface area (Å²) in [5.41, 5.74) is 0. The third-order valence-electron chi connectivity index (χ3n) is 4.63. The Morgan fingerprint density at radius 1 is 0.654 bits per heavy atom. The monoisotopic (exact) mass is 428 g/mol. The molecule has 0 spiro atoms. The first-order valence-electron chi connectivity index (χ1n) is 10.7. The third kappa shape index (κ3) is 22.4. The number of ether oxygens (including phenoxy) is 1. The maximum Gasteiger partial charge on any atom is 0.305 e. The van der Waals surface area contributed by atoms with E-state index < -0.39 is 3.79 Å². The molecule has 0 bridgehead atoms. The molecule has 5 heteroatoms. The van der Waals surface area contributed by atoms with Gasteiger partial charge >= 0.3 is 5.97 Å². The highest BCUT2D eigenvalue weighted by Gasteiger charge is 2.21. The average molecular weight is 430 g/mol. The molecular weight excluding hydrogens is 391 g/mol. The summed E-state index contributed by atoms with van der Waals surface area (Å²) in [6.07, 6.45) is 21.5. The van der Waals surface area contributed by atoms with Crippen molar-refractivity contribution < 1.29 is 9.53 Å². The van der Waals surface area contributed by atoms with Crippen LogP contribution in [0.5, 0.6) is 0 Å². The molecular formula is C21H39Cl3O2. The highest BCUT2D eigenvalue weighted by molar-refractivity contribution is 6.67. The van der Waals surface area contributed by atoms with Crippen LogP contribution in [0, 0.1) is 0 Å². The van der Waals surface area contributed by atoms with Crippen LogP contribution in [0.4, 0.5) is 0 Å². The van der Waals surface area contributed by atoms with Gasteiger partial charge in [-0.2, -0.15) is 0 Å². The first kappa shape index (κ1) is 26.3. The molecule has 2 nitrogen and oxygen atoms in total. The maximum absolute atomic E-state index is 11.4. The molecule has 0 N–H and O–H groups in total. The van der Waals surface area contributed by atoms with Gasteiger partial charge in [-0.25, -0.2) is 0 Å². The van der Waals surface area contributed by atoms with Gasteiger partial charge in [0.2, 0.25) is 3.79 Å². The topological polar surface area (TPSA) is 26.3 Å². The molecule has 0 aromatic heterocycles. The van der Waals surface area contributed by atoms with Crippen LogP contribution < -0.4 is 0 Å². The van der Waals surface area contributed by atoms with Crippen molar-refractivity contribution in [2.75, 3.05) is 6.61 Å². The van der Waals surface area contributed by atoms with Crippen LogP contribution in [-0.2, 0) is 9.53 Å². The summed E-state index contributed by atoms with van der Waals surface area (Å²) in [6.45, 7) is 2.10. The Kier molecular flexibility index (Phi) is 18.9. The van der Waals surface area contributed by atoms with Gasteiger partial charge in [0.05, 0.1) is 0 Å². The number of carbonyl (C=O) groups is 1. The van der Waals surface area contributed by atoms with E-state index in [0.717, 1.165) is 12.8 Å². The van der Waals surface area contributed by atoms with Crippen molar-refractivity contribution in [3.63, 3.8) is 0 Å². The predicted molar refractivity (Wildman–Crippen MR) is 115 cm³/mol.